The van der Waals surface area contributed by atoms with Gasteiger partial charge in [-0.2, -0.15) is 0 Å². The van der Waals surface area contributed by atoms with Gasteiger partial charge in [0.1, 0.15) is 5.69 Å². The van der Waals surface area contributed by atoms with Crippen LogP contribution < -0.4 is 10.2 Å². The van der Waals surface area contributed by atoms with Crippen LogP contribution in [0, 0.1) is 10.1 Å². The number of rotatable bonds is 5. The molecule has 19 heavy (non-hydrogen) atoms. The van der Waals surface area contributed by atoms with E-state index >= 15 is 0 Å². The number of aliphatic hydroxyl groups is 1. The van der Waals surface area contributed by atoms with Crippen molar-refractivity contribution in [3.8, 4) is 0 Å². The number of carbonyl (C=O) groups excluding carboxylic acids is 1. The van der Waals surface area contributed by atoms with Gasteiger partial charge in [0.05, 0.1) is 11.0 Å². The molecule has 1 rings (SSSR count). The molecule has 1 amide bonds. The fourth-order valence-electron chi connectivity index (χ4n) is 1.77. The minimum absolute atomic E-state index is 0.163. The molecule has 0 saturated heterocycles. The maximum atomic E-state index is 11.5. The number of benzene rings is 1. The van der Waals surface area contributed by atoms with Gasteiger partial charge in [-0.15, -0.1) is 0 Å². The number of anilines is 1. The molecule has 0 aliphatic rings. The van der Waals surface area contributed by atoms with Gasteiger partial charge in [-0.05, 0) is 19.1 Å². The molecule has 0 aliphatic carbocycles. The van der Waals surface area contributed by atoms with Crippen LogP contribution >= 0.6 is 0 Å². The first-order chi connectivity index (χ1) is 8.86. The lowest BCUT2D eigenvalue weighted by molar-refractivity contribution is -0.384. The molecule has 0 heterocycles. The van der Waals surface area contributed by atoms with Crippen LogP contribution in [0.1, 0.15) is 17.3 Å². The largest absolute Gasteiger partial charge is 0.392 e. The smallest absolute Gasteiger partial charge is 0.293 e. The predicted octanol–water partition coefficient (Wildman–Crippen LogP) is 0.771. The molecule has 2 N–H and O–H groups in total. The SMILES string of the molecule is CNC(=O)c1ccc(N(C)CC(C)O)c([N+](=O)[O-])c1. The number of hydrogen-bond donors (Lipinski definition) is 2. The fourth-order valence-corrected chi connectivity index (χ4v) is 1.77. The molecule has 0 spiro atoms. The number of amides is 1. The molecule has 0 radical (unpaired) electrons. The van der Waals surface area contributed by atoms with Crippen molar-refractivity contribution in [2.75, 3.05) is 25.5 Å². The maximum Gasteiger partial charge on any atom is 0.293 e. The van der Waals surface area contributed by atoms with Crippen molar-refractivity contribution in [2.24, 2.45) is 0 Å². The van der Waals surface area contributed by atoms with Crippen molar-refractivity contribution in [1.29, 1.82) is 0 Å². The molecule has 1 aromatic rings. The highest BCUT2D eigenvalue weighted by Gasteiger charge is 2.20. The Bertz CT molecular complexity index is 488. The first-order valence-corrected chi connectivity index (χ1v) is 5.76. The Hall–Kier alpha value is -2.15. The van der Waals surface area contributed by atoms with E-state index in [4.69, 9.17) is 0 Å². The lowest BCUT2D eigenvalue weighted by atomic mass is 10.1. The Balaban J connectivity index is 3.18. The Morgan fingerprint density at radius 1 is 1.58 bits per heavy atom. The number of hydrogen-bond acceptors (Lipinski definition) is 5. The molecule has 1 unspecified atom stereocenters. The number of likely N-dealkylation sites (N-methyl/N-ethyl adjacent to an activating group) is 1. The fraction of sp³-hybridized carbons (Fsp3) is 0.417. The van der Waals surface area contributed by atoms with Gasteiger partial charge in [-0.25, -0.2) is 0 Å². The van der Waals surface area contributed by atoms with Gasteiger partial charge in [0, 0.05) is 32.3 Å². The van der Waals surface area contributed by atoms with E-state index in [2.05, 4.69) is 5.32 Å². The molecule has 104 valence electrons. The van der Waals surface area contributed by atoms with Crippen LogP contribution in [0.4, 0.5) is 11.4 Å². The van der Waals surface area contributed by atoms with E-state index in [-0.39, 0.29) is 23.7 Å². The average molecular weight is 267 g/mol. The topological polar surface area (TPSA) is 95.7 Å². The normalized spacial score (nSPS) is 11.8. The summed E-state index contributed by atoms with van der Waals surface area (Å²) in [5, 5.41) is 22.8. The van der Waals surface area contributed by atoms with Crippen molar-refractivity contribution in [3.63, 3.8) is 0 Å². The summed E-state index contributed by atoms with van der Waals surface area (Å²) in [6, 6.07) is 4.25. The third-order valence-corrected chi connectivity index (χ3v) is 2.61. The van der Waals surface area contributed by atoms with Crippen molar-refractivity contribution in [1.82, 2.24) is 5.32 Å². The molecule has 1 atom stereocenters. The van der Waals surface area contributed by atoms with E-state index in [0.29, 0.717) is 5.69 Å². The van der Waals surface area contributed by atoms with Crippen LogP contribution in [0.2, 0.25) is 0 Å². The summed E-state index contributed by atoms with van der Waals surface area (Å²) in [5.74, 6) is -0.382. The third kappa shape index (κ3) is 3.65. The summed E-state index contributed by atoms with van der Waals surface area (Å²) < 4.78 is 0. The Kier molecular flexibility index (Phi) is 4.82. The summed E-state index contributed by atoms with van der Waals surface area (Å²) in [7, 11) is 3.11. The summed E-state index contributed by atoms with van der Waals surface area (Å²) in [6.45, 7) is 1.86. The van der Waals surface area contributed by atoms with E-state index in [1.807, 2.05) is 0 Å². The highest BCUT2D eigenvalue weighted by molar-refractivity contribution is 5.95. The molecule has 7 nitrogen and oxygen atoms in total. The van der Waals surface area contributed by atoms with Gasteiger partial charge in [-0.3, -0.25) is 14.9 Å². The van der Waals surface area contributed by atoms with E-state index in [9.17, 15) is 20.0 Å². The van der Waals surface area contributed by atoms with Crippen molar-refractivity contribution >= 4 is 17.3 Å². The molecule has 0 bridgehead atoms. The standard InChI is InChI=1S/C12H17N3O4/c1-8(16)7-14(3)10-5-4-9(12(17)13-2)6-11(10)15(18)19/h4-6,8,16H,7H2,1-3H3,(H,13,17). The first kappa shape index (κ1) is 14.9. The van der Waals surface area contributed by atoms with E-state index in [1.165, 1.54) is 25.2 Å². The second-order valence-electron chi connectivity index (χ2n) is 4.27. The molecular formula is C12H17N3O4. The van der Waals surface area contributed by atoms with E-state index in [0.717, 1.165) is 0 Å². The average Bonchev–Trinajstić information content (AvgIpc) is 2.36. The monoisotopic (exact) mass is 267 g/mol. The second kappa shape index (κ2) is 6.14. The Morgan fingerprint density at radius 3 is 2.68 bits per heavy atom. The zero-order valence-electron chi connectivity index (χ0n) is 11.1. The molecule has 0 fully saturated rings. The predicted molar refractivity (Wildman–Crippen MR) is 71.4 cm³/mol. The summed E-state index contributed by atoms with van der Waals surface area (Å²) in [6.07, 6.45) is -0.608. The van der Waals surface area contributed by atoms with Crippen LogP contribution in [0.25, 0.3) is 0 Å². The zero-order chi connectivity index (χ0) is 14.6. The number of nitrogens with one attached hydrogen (secondary N) is 1. The van der Waals surface area contributed by atoms with Crippen LogP contribution in [0.5, 0.6) is 0 Å². The van der Waals surface area contributed by atoms with Gasteiger partial charge in [-0.1, -0.05) is 0 Å². The van der Waals surface area contributed by atoms with Crippen LogP contribution in [-0.2, 0) is 0 Å². The summed E-state index contributed by atoms with van der Waals surface area (Å²) in [4.78, 5) is 23.6. The number of nitro groups is 1. The lowest BCUT2D eigenvalue weighted by Crippen LogP contribution is -2.27. The highest BCUT2D eigenvalue weighted by atomic mass is 16.6. The quantitative estimate of drug-likeness (QED) is 0.607. The summed E-state index contributed by atoms with van der Waals surface area (Å²) >= 11 is 0. The van der Waals surface area contributed by atoms with Gasteiger partial charge >= 0.3 is 0 Å². The third-order valence-electron chi connectivity index (χ3n) is 2.61. The summed E-state index contributed by atoms with van der Waals surface area (Å²) in [5.41, 5.74) is 0.422. The minimum atomic E-state index is -0.608. The van der Waals surface area contributed by atoms with Gasteiger partial charge in [0.25, 0.3) is 11.6 Å². The first-order valence-electron chi connectivity index (χ1n) is 5.76. The molecule has 1 aromatic carbocycles. The lowest BCUT2D eigenvalue weighted by Gasteiger charge is -2.20. The molecule has 0 aliphatic heterocycles. The zero-order valence-corrected chi connectivity index (χ0v) is 11.1. The second-order valence-corrected chi connectivity index (χ2v) is 4.27. The van der Waals surface area contributed by atoms with Crippen LogP contribution in [-0.4, -0.2) is 42.7 Å². The Morgan fingerprint density at radius 2 is 2.21 bits per heavy atom. The van der Waals surface area contributed by atoms with Crippen LogP contribution in [0.3, 0.4) is 0 Å². The van der Waals surface area contributed by atoms with E-state index < -0.39 is 11.0 Å². The molecular weight excluding hydrogens is 250 g/mol. The van der Waals surface area contributed by atoms with Crippen LogP contribution in [0.15, 0.2) is 18.2 Å². The van der Waals surface area contributed by atoms with Gasteiger partial charge in [0.15, 0.2) is 0 Å². The van der Waals surface area contributed by atoms with E-state index in [1.54, 1.807) is 18.9 Å². The molecule has 0 aromatic heterocycles. The van der Waals surface area contributed by atoms with Gasteiger partial charge in [0.2, 0.25) is 0 Å². The maximum absolute atomic E-state index is 11.5. The van der Waals surface area contributed by atoms with Crippen molar-refractivity contribution in [2.45, 2.75) is 13.0 Å². The van der Waals surface area contributed by atoms with Crippen molar-refractivity contribution < 1.29 is 14.8 Å². The number of nitro benzene ring substituents is 1. The highest BCUT2D eigenvalue weighted by Crippen LogP contribution is 2.28. The number of nitrogens with zero attached hydrogens (tertiary/aromatic N) is 2. The molecule has 0 saturated carbocycles. The van der Waals surface area contributed by atoms with Gasteiger partial charge < -0.3 is 15.3 Å². The number of carbonyl (C=O) groups is 1. The Labute approximate surface area is 111 Å². The minimum Gasteiger partial charge on any atom is -0.392 e. The molecule has 7 heteroatoms. The number of aliphatic hydroxyl groups excluding tert-OH is 1. The van der Waals surface area contributed by atoms with Crippen molar-refractivity contribution in [3.05, 3.63) is 33.9 Å².